The zero-order valence-electron chi connectivity index (χ0n) is 11.6. The van der Waals surface area contributed by atoms with Crippen molar-refractivity contribution in [1.82, 2.24) is 4.98 Å². The van der Waals surface area contributed by atoms with E-state index >= 15 is 0 Å². The molecule has 5 heteroatoms. The molecule has 0 fully saturated rings. The number of hydrogen-bond acceptors (Lipinski definition) is 4. The monoisotopic (exact) mass is 273 g/mol. The Labute approximate surface area is 109 Å². The van der Waals surface area contributed by atoms with E-state index in [1.807, 2.05) is 5.38 Å². The number of nitrogens with zero attached hydrogens (tertiary/aromatic N) is 1. The maximum absolute atomic E-state index is 10.3. The zero-order valence-corrected chi connectivity index (χ0v) is 13.4. The van der Waals surface area contributed by atoms with Gasteiger partial charge >= 0.3 is 0 Å². The van der Waals surface area contributed by atoms with Crippen LogP contribution in [0.2, 0.25) is 18.1 Å². The molecule has 1 aromatic rings. The summed E-state index contributed by atoms with van der Waals surface area (Å²) < 4.78 is 6.04. The van der Waals surface area contributed by atoms with Gasteiger partial charge in [-0.15, -0.1) is 11.3 Å². The van der Waals surface area contributed by atoms with Crippen molar-refractivity contribution in [2.45, 2.75) is 51.4 Å². The fourth-order valence-electron chi connectivity index (χ4n) is 1.09. The molecule has 1 N–H and O–H groups in total. The molecule has 98 valence electrons. The molecule has 0 saturated heterocycles. The van der Waals surface area contributed by atoms with Crippen molar-refractivity contribution in [3.05, 3.63) is 16.6 Å². The highest BCUT2D eigenvalue weighted by atomic mass is 32.1. The predicted octanol–water partition coefficient (Wildman–Crippen LogP) is 3.37. The average Bonchev–Trinajstić information content (AvgIpc) is 2.66. The van der Waals surface area contributed by atoms with Crippen LogP contribution in [-0.4, -0.2) is 25.0 Å². The highest BCUT2D eigenvalue weighted by Crippen LogP contribution is 2.37. The van der Waals surface area contributed by atoms with Crippen LogP contribution in [0.25, 0.3) is 0 Å². The van der Waals surface area contributed by atoms with E-state index < -0.39 is 13.9 Å². The second-order valence-electron chi connectivity index (χ2n) is 6.16. The van der Waals surface area contributed by atoms with E-state index in [4.69, 9.17) is 4.43 Å². The molecule has 0 amide bonds. The SMILES string of the molecule is CC(O)(CO[Si](C)(C)C(C)(C)C)c1nccs1. The minimum absolute atomic E-state index is 0.159. The summed E-state index contributed by atoms with van der Waals surface area (Å²) in [6.07, 6.45) is 1.71. The molecule has 1 atom stereocenters. The Balaban J connectivity index is 2.68. The number of rotatable bonds is 4. The second kappa shape index (κ2) is 4.80. The molecule has 0 aliphatic heterocycles. The van der Waals surface area contributed by atoms with Crippen LogP contribution >= 0.6 is 11.3 Å². The Morgan fingerprint density at radius 3 is 2.35 bits per heavy atom. The molecule has 1 unspecified atom stereocenters. The molecule has 0 aromatic carbocycles. The van der Waals surface area contributed by atoms with Gasteiger partial charge in [0, 0.05) is 11.6 Å². The fourth-order valence-corrected chi connectivity index (χ4v) is 2.85. The molecule has 1 heterocycles. The molecule has 0 aliphatic rings. The Hall–Kier alpha value is -0.233. The van der Waals surface area contributed by atoms with Crippen LogP contribution in [0.4, 0.5) is 0 Å². The van der Waals surface area contributed by atoms with Crippen molar-refractivity contribution in [2.75, 3.05) is 6.61 Å². The summed E-state index contributed by atoms with van der Waals surface area (Å²) in [7, 11) is -1.81. The number of aromatic nitrogens is 1. The first-order valence-corrected chi connectivity index (χ1v) is 9.61. The third kappa shape index (κ3) is 3.61. The van der Waals surface area contributed by atoms with Crippen LogP contribution in [0.15, 0.2) is 11.6 Å². The van der Waals surface area contributed by atoms with E-state index in [-0.39, 0.29) is 5.04 Å². The molecule has 0 saturated carbocycles. The van der Waals surface area contributed by atoms with E-state index in [9.17, 15) is 5.11 Å². The summed E-state index contributed by atoms with van der Waals surface area (Å²) in [5.74, 6) is 0. The van der Waals surface area contributed by atoms with Gasteiger partial charge in [0.15, 0.2) is 8.32 Å². The molecule has 17 heavy (non-hydrogen) atoms. The van der Waals surface area contributed by atoms with Crippen LogP contribution in [0.3, 0.4) is 0 Å². The summed E-state index contributed by atoms with van der Waals surface area (Å²) in [5, 5.41) is 13.1. The van der Waals surface area contributed by atoms with Gasteiger partial charge in [-0.3, -0.25) is 0 Å². The quantitative estimate of drug-likeness (QED) is 0.855. The van der Waals surface area contributed by atoms with Crippen LogP contribution in [0.1, 0.15) is 32.7 Å². The lowest BCUT2D eigenvalue weighted by Crippen LogP contribution is -2.44. The summed E-state index contributed by atoms with van der Waals surface area (Å²) in [4.78, 5) is 4.15. The maximum atomic E-state index is 10.3. The van der Waals surface area contributed by atoms with Crippen molar-refractivity contribution in [1.29, 1.82) is 0 Å². The van der Waals surface area contributed by atoms with Gasteiger partial charge in [-0.05, 0) is 25.1 Å². The van der Waals surface area contributed by atoms with E-state index in [1.165, 1.54) is 11.3 Å². The van der Waals surface area contributed by atoms with Gasteiger partial charge in [0.05, 0.1) is 6.61 Å². The van der Waals surface area contributed by atoms with Crippen molar-refractivity contribution >= 4 is 19.7 Å². The van der Waals surface area contributed by atoms with E-state index in [2.05, 4.69) is 38.8 Å². The molecule has 1 rings (SSSR count). The third-order valence-electron chi connectivity index (χ3n) is 3.41. The summed E-state index contributed by atoms with van der Waals surface area (Å²) in [5.41, 5.74) is -0.982. The lowest BCUT2D eigenvalue weighted by molar-refractivity contribution is 0.00244. The second-order valence-corrected chi connectivity index (χ2v) is 11.9. The first kappa shape index (κ1) is 14.8. The minimum Gasteiger partial charge on any atom is -0.413 e. The van der Waals surface area contributed by atoms with E-state index in [1.54, 1.807) is 13.1 Å². The zero-order chi connectivity index (χ0) is 13.3. The van der Waals surface area contributed by atoms with Gasteiger partial charge in [-0.2, -0.15) is 0 Å². The number of hydrogen-bond donors (Lipinski definition) is 1. The van der Waals surface area contributed by atoms with Crippen molar-refractivity contribution in [3.8, 4) is 0 Å². The summed E-state index contributed by atoms with van der Waals surface area (Å²) in [6.45, 7) is 13.0. The lowest BCUT2D eigenvalue weighted by atomic mass is 10.1. The van der Waals surface area contributed by atoms with Crippen molar-refractivity contribution < 1.29 is 9.53 Å². The topological polar surface area (TPSA) is 42.4 Å². The van der Waals surface area contributed by atoms with Gasteiger partial charge in [0.1, 0.15) is 10.6 Å². The summed E-state index contributed by atoms with van der Waals surface area (Å²) in [6, 6.07) is 0. The first-order chi connectivity index (χ1) is 7.56. The lowest BCUT2D eigenvalue weighted by Gasteiger charge is -2.38. The Morgan fingerprint density at radius 1 is 1.35 bits per heavy atom. The fraction of sp³-hybridized carbons (Fsp3) is 0.750. The molecule has 0 bridgehead atoms. The first-order valence-electron chi connectivity index (χ1n) is 5.82. The average molecular weight is 273 g/mol. The normalized spacial score (nSPS) is 16.9. The van der Waals surface area contributed by atoms with Crippen LogP contribution in [0.5, 0.6) is 0 Å². The number of aliphatic hydroxyl groups is 1. The molecule has 3 nitrogen and oxygen atoms in total. The third-order valence-corrected chi connectivity index (χ3v) is 8.92. The Bertz CT molecular complexity index is 355. The van der Waals surface area contributed by atoms with Gasteiger partial charge in [0.25, 0.3) is 0 Å². The van der Waals surface area contributed by atoms with Crippen molar-refractivity contribution in [3.63, 3.8) is 0 Å². The largest absolute Gasteiger partial charge is 0.413 e. The van der Waals surface area contributed by atoms with Gasteiger partial charge in [-0.25, -0.2) is 4.98 Å². The van der Waals surface area contributed by atoms with Gasteiger partial charge in [0.2, 0.25) is 0 Å². The van der Waals surface area contributed by atoms with Crippen LogP contribution in [-0.2, 0) is 10.0 Å². The van der Waals surface area contributed by atoms with Gasteiger partial charge < -0.3 is 9.53 Å². The van der Waals surface area contributed by atoms with Crippen LogP contribution < -0.4 is 0 Å². The Morgan fingerprint density at radius 2 is 1.94 bits per heavy atom. The molecular weight excluding hydrogens is 250 g/mol. The van der Waals surface area contributed by atoms with E-state index in [0.717, 1.165) is 5.01 Å². The summed E-state index contributed by atoms with van der Waals surface area (Å²) >= 11 is 1.46. The highest BCUT2D eigenvalue weighted by molar-refractivity contribution is 7.09. The number of thiazole rings is 1. The molecular formula is C12H23NO2SSi. The highest BCUT2D eigenvalue weighted by Gasteiger charge is 2.39. The molecule has 1 aromatic heterocycles. The van der Waals surface area contributed by atoms with Crippen LogP contribution in [0, 0.1) is 0 Å². The Kier molecular flexibility index (Phi) is 4.19. The molecule has 0 spiro atoms. The molecule has 0 radical (unpaired) electrons. The standard InChI is InChI=1S/C12H23NO2SSi/c1-11(2,3)17(5,6)15-9-12(4,14)10-13-7-8-16-10/h7-8,14H,9H2,1-6H3. The smallest absolute Gasteiger partial charge is 0.192 e. The van der Waals surface area contributed by atoms with Gasteiger partial charge in [-0.1, -0.05) is 20.8 Å². The minimum atomic E-state index is -1.81. The maximum Gasteiger partial charge on any atom is 0.192 e. The predicted molar refractivity (Wildman–Crippen MR) is 74.8 cm³/mol. The van der Waals surface area contributed by atoms with E-state index in [0.29, 0.717) is 6.61 Å². The molecule has 0 aliphatic carbocycles. The van der Waals surface area contributed by atoms with Crippen molar-refractivity contribution in [2.24, 2.45) is 0 Å².